The number of benzene rings is 2. The number of aromatic nitrogens is 3. The molecule has 0 aliphatic carbocycles. The second-order valence-electron chi connectivity index (χ2n) is 5.55. The lowest BCUT2D eigenvalue weighted by Gasteiger charge is -2.11. The first-order chi connectivity index (χ1) is 11.5. The Morgan fingerprint density at radius 2 is 1.83 bits per heavy atom. The van der Waals surface area contributed by atoms with Crippen LogP contribution in [-0.4, -0.2) is 23.2 Å². The van der Waals surface area contributed by atoms with Crippen LogP contribution in [0.2, 0.25) is 0 Å². The number of para-hydroxylation sites is 1. The van der Waals surface area contributed by atoms with E-state index in [9.17, 15) is 8.42 Å². The summed E-state index contributed by atoms with van der Waals surface area (Å²) in [4.78, 5) is 0.285. The average Bonchev–Trinajstić information content (AvgIpc) is 3.04. The molecule has 0 saturated carbocycles. The molecule has 0 atom stereocenters. The van der Waals surface area contributed by atoms with Crippen molar-refractivity contribution in [2.45, 2.75) is 25.3 Å². The molecule has 124 valence electrons. The molecule has 1 N–H and O–H groups in total. The van der Waals surface area contributed by atoms with Gasteiger partial charge in [0.05, 0.1) is 11.4 Å². The second kappa shape index (κ2) is 6.54. The van der Waals surface area contributed by atoms with Crippen molar-refractivity contribution in [3.63, 3.8) is 0 Å². The zero-order chi connectivity index (χ0) is 17.2. The summed E-state index contributed by atoms with van der Waals surface area (Å²) in [6.45, 7) is 3.70. The van der Waals surface area contributed by atoms with Crippen LogP contribution >= 0.6 is 0 Å². The molecule has 1 heterocycles. The topological polar surface area (TPSA) is 76.9 Å². The molecule has 0 radical (unpaired) electrons. The molecule has 7 heteroatoms. The van der Waals surface area contributed by atoms with Crippen molar-refractivity contribution >= 4 is 10.0 Å². The van der Waals surface area contributed by atoms with Crippen LogP contribution in [0.3, 0.4) is 0 Å². The Bertz CT molecular complexity index is 950. The first-order valence-corrected chi connectivity index (χ1v) is 8.97. The molecule has 0 fully saturated rings. The molecule has 0 spiro atoms. The molecule has 0 amide bonds. The van der Waals surface area contributed by atoms with E-state index in [2.05, 4.69) is 14.9 Å². The van der Waals surface area contributed by atoms with Crippen LogP contribution < -0.4 is 4.72 Å². The molecule has 3 aromatic rings. The number of nitrogens with zero attached hydrogens (tertiary/aromatic N) is 3. The highest BCUT2D eigenvalue weighted by atomic mass is 32.2. The average molecular weight is 342 g/mol. The number of nitrogens with one attached hydrogen (secondary N) is 1. The summed E-state index contributed by atoms with van der Waals surface area (Å²) in [6.07, 6.45) is 1.57. The van der Waals surface area contributed by atoms with Gasteiger partial charge in [-0.05, 0) is 43.2 Å². The Labute approximate surface area is 141 Å². The van der Waals surface area contributed by atoms with Crippen molar-refractivity contribution in [1.29, 1.82) is 0 Å². The van der Waals surface area contributed by atoms with Crippen LogP contribution in [0.15, 0.2) is 59.8 Å². The molecule has 0 saturated heterocycles. The van der Waals surface area contributed by atoms with Gasteiger partial charge in [-0.15, -0.1) is 10.2 Å². The van der Waals surface area contributed by atoms with Crippen LogP contribution in [0.5, 0.6) is 0 Å². The van der Waals surface area contributed by atoms with E-state index >= 15 is 0 Å². The van der Waals surface area contributed by atoms with E-state index in [1.807, 2.05) is 43.3 Å². The summed E-state index contributed by atoms with van der Waals surface area (Å²) in [5, 5.41) is 7.90. The summed E-state index contributed by atoms with van der Waals surface area (Å²) in [7, 11) is -3.62. The van der Waals surface area contributed by atoms with Crippen LogP contribution in [0, 0.1) is 13.8 Å². The first kappa shape index (κ1) is 16.4. The smallest absolute Gasteiger partial charge is 0.241 e. The number of aryl methyl sites for hydroxylation is 2. The van der Waals surface area contributed by atoms with Gasteiger partial charge >= 0.3 is 0 Å². The number of hydrogen-bond acceptors (Lipinski definition) is 4. The molecule has 6 nitrogen and oxygen atoms in total. The number of hydrogen-bond donors (Lipinski definition) is 1. The quantitative estimate of drug-likeness (QED) is 0.772. The fourth-order valence-corrected chi connectivity index (χ4v) is 3.73. The van der Waals surface area contributed by atoms with Crippen LogP contribution in [0.4, 0.5) is 0 Å². The van der Waals surface area contributed by atoms with Crippen LogP contribution in [0.1, 0.15) is 17.0 Å². The Morgan fingerprint density at radius 1 is 1.08 bits per heavy atom. The van der Waals surface area contributed by atoms with Crippen molar-refractivity contribution in [2.24, 2.45) is 0 Å². The molecule has 2 aromatic carbocycles. The maximum Gasteiger partial charge on any atom is 0.241 e. The van der Waals surface area contributed by atoms with Gasteiger partial charge in [-0.25, -0.2) is 13.1 Å². The molecule has 24 heavy (non-hydrogen) atoms. The van der Waals surface area contributed by atoms with Crippen molar-refractivity contribution in [3.8, 4) is 5.69 Å². The van der Waals surface area contributed by atoms with E-state index < -0.39 is 10.0 Å². The lowest BCUT2D eigenvalue weighted by atomic mass is 10.2. The Hall–Kier alpha value is -2.51. The molecule has 0 unspecified atom stereocenters. The normalized spacial score (nSPS) is 11.6. The summed E-state index contributed by atoms with van der Waals surface area (Å²) >= 11 is 0. The monoisotopic (exact) mass is 342 g/mol. The predicted molar refractivity (Wildman–Crippen MR) is 91.3 cm³/mol. The molecule has 1 aromatic heterocycles. The van der Waals surface area contributed by atoms with Crippen molar-refractivity contribution in [1.82, 2.24) is 19.5 Å². The maximum atomic E-state index is 12.6. The minimum Gasteiger partial charge on any atom is -0.285 e. The molecule has 0 aliphatic rings. The minimum atomic E-state index is -3.62. The lowest BCUT2D eigenvalue weighted by molar-refractivity contribution is 0.577. The molecular formula is C17H18N4O2S. The van der Waals surface area contributed by atoms with Crippen molar-refractivity contribution in [2.75, 3.05) is 0 Å². The Balaban J connectivity index is 1.84. The highest BCUT2D eigenvalue weighted by molar-refractivity contribution is 7.89. The third-order valence-corrected chi connectivity index (χ3v) is 5.25. The van der Waals surface area contributed by atoms with Gasteiger partial charge in [-0.1, -0.05) is 30.3 Å². The Kier molecular flexibility index (Phi) is 4.46. The highest BCUT2D eigenvalue weighted by Crippen LogP contribution is 2.17. The van der Waals surface area contributed by atoms with Crippen LogP contribution in [-0.2, 0) is 16.6 Å². The van der Waals surface area contributed by atoms with Gasteiger partial charge in [0.15, 0.2) is 5.82 Å². The van der Waals surface area contributed by atoms with Crippen LogP contribution in [0.25, 0.3) is 5.69 Å². The van der Waals surface area contributed by atoms with Gasteiger partial charge in [-0.3, -0.25) is 4.57 Å². The van der Waals surface area contributed by atoms with Gasteiger partial charge in [0, 0.05) is 5.69 Å². The summed E-state index contributed by atoms with van der Waals surface area (Å²) in [5.41, 5.74) is 2.48. The molecule has 0 bridgehead atoms. The second-order valence-corrected chi connectivity index (χ2v) is 7.28. The zero-order valence-corrected chi connectivity index (χ0v) is 14.3. The fraction of sp³-hybridized carbons (Fsp3) is 0.176. The SMILES string of the molecule is Cc1ccc(C)c(S(=O)(=O)NCc2nncn2-c2ccccc2)c1. The highest BCUT2D eigenvalue weighted by Gasteiger charge is 2.18. The van der Waals surface area contributed by atoms with Crippen molar-refractivity contribution < 1.29 is 8.42 Å². The summed E-state index contributed by atoms with van der Waals surface area (Å²) in [6, 6.07) is 14.9. The van der Waals surface area contributed by atoms with E-state index in [1.54, 1.807) is 30.0 Å². The summed E-state index contributed by atoms with van der Waals surface area (Å²) < 4.78 is 29.5. The first-order valence-electron chi connectivity index (χ1n) is 7.48. The Morgan fingerprint density at radius 3 is 2.58 bits per heavy atom. The summed E-state index contributed by atoms with van der Waals surface area (Å²) in [5.74, 6) is 0.523. The third kappa shape index (κ3) is 3.37. The van der Waals surface area contributed by atoms with Gasteiger partial charge < -0.3 is 0 Å². The van der Waals surface area contributed by atoms with E-state index in [0.717, 1.165) is 11.3 Å². The lowest BCUT2D eigenvalue weighted by Crippen LogP contribution is -2.25. The minimum absolute atomic E-state index is 0.0601. The van der Waals surface area contributed by atoms with E-state index in [4.69, 9.17) is 0 Å². The largest absolute Gasteiger partial charge is 0.285 e. The van der Waals surface area contributed by atoms with Gasteiger partial charge in [0.25, 0.3) is 0 Å². The van der Waals surface area contributed by atoms with E-state index in [-0.39, 0.29) is 11.4 Å². The third-order valence-electron chi connectivity index (χ3n) is 3.71. The molecule has 3 rings (SSSR count). The number of rotatable bonds is 5. The standard InChI is InChI=1S/C17H18N4O2S/c1-13-8-9-14(2)16(10-13)24(22,23)19-11-17-20-18-12-21(17)15-6-4-3-5-7-15/h3-10,12,19H,11H2,1-2H3. The molecular weight excluding hydrogens is 324 g/mol. The zero-order valence-electron chi connectivity index (χ0n) is 13.5. The predicted octanol–water partition coefficient (Wildman–Crippen LogP) is 2.36. The van der Waals surface area contributed by atoms with E-state index in [1.165, 1.54) is 0 Å². The number of sulfonamides is 1. The van der Waals surface area contributed by atoms with Gasteiger partial charge in [0.1, 0.15) is 6.33 Å². The molecule has 0 aliphatic heterocycles. The van der Waals surface area contributed by atoms with E-state index in [0.29, 0.717) is 11.4 Å². The maximum absolute atomic E-state index is 12.6. The fourth-order valence-electron chi connectivity index (χ4n) is 2.42. The van der Waals surface area contributed by atoms with Gasteiger partial charge in [-0.2, -0.15) is 0 Å². The van der Waals surface area contributed by atoms with Gasteiger partial charge in [0.2, 0.25) is 10.0 Å². The van der Waals surface area contributed by atoms with Crippen molar-refractivity contribution in [3.05, 3.63) is 71.8 Å².